The summed E-state index contributed by atoms with van der Waals surface area (Å²) in [5, 5.41) is 10.4. The maximum absolute atomic E-state index is 12.3. The Kier molecular flexibility index (Phi) is 4.48. The Morgan fingerprint density at radius 3 is 2.84 bits per heavy atom. The number of thiazole rings is 2. The summed E-state index contributed by atoms with van der Waals surface area (Å²) in [5.74, 6) is 1.19. The molecule has 126 valence electrons. The third-order valence-corrected chi connectivity index (χ3v) is 6.08. The largest absolute Gasteiger partial charge is 0.458 e. The standard InChI is InChI=1S/C17H13N3O2S3/c1-10-19-12(8-24-10)14-5-4-11(22-14)7-18-16(21)13-9-25-17(20-13)15-3-2-6-23-15/h2-6,8-9H,7H2,1H3,(H,18,21). The average molecular weight is 388 g/mol. The predicted octanol–water partition coefficient (Wildman–Crippen LogP) is 4.83. The lowest BCUT2D eigenvalue weighted by Crippen LogP contribution is -2.22. The van der Waals surface area contributed by atoms with Gasteiger partial charge in [-0.05, 0) is 30.5 Å². The lowest BCUT2D eigenvalue weighted by atomic mass is 10.3. The number of hydrogen-bond donors (Lipinski definition) is 1. The van der Waals surface area contributed by atoms with Crippen LogP contribution in [-0.4, -0.2) is 15.9 Å². The number of thiophene rings is 1. The second-order valence-electron chi connectivity index (χ2n) is 5.22. The van der Waals surface area contributed by atoms with Crippen molar-refractivity contribution >= 4 is 39.9 Å². The Morgan fingerprint density at radius 1 is 1.16 bits per heavy atom. The maximum atomic E-state index is 12.3. The van der Waals surface area contributed by atoms with Gasteiger partial charge in [0.2, 0.25) is 0 Å². The average Bonchev–Trinajstić information content (AvgIpc) is 3.38. The van der Waals surface area contributed by atoms with Crippen molar-refractivity contribution < 1.29 is 9.21 Å². The van der Waals surface area contributed by atoms with E-state index in [0.717, 1.165) is 20.6 Å². The van der Waals surface area contributed by atoms with E-state index in [0.29, 0.717) is 23.8 Å². The van der Waals surface area contributed by atoms with Gasteiger partial charge in [0.15, 0.2) is 5.76 Å². The molecule has 4 aromatic heterocycles. The number of amides is 1. The van der Waals surface area contributed by atoms with E-state index >= 15 is 0 Å². The van der Waals surface area contributed by atoms with Gasteiger partial charge in [0, 0.05) is 10.8 Å². The van der Waals surface area contributed by atoms with Crippen molar-refractivity contribution in [2.45, 2.75) is 13.5 Å². The molecular weight excluding hydrogens is 374 g/mol. The van der Waals surface area contributed by atoms with Crippen molar-refractivity contribution in [3.63, 3.8) is 0 Å². The molecule has 0 aliphatic heterocycles. The zero-order valence-corrected chi connectivity index (χ0v) is 15.6. The molecule has 0 fully saturated rings. The zero-order chi connectivity index (χ0) is 17.2. The van der Waals surface area contributed by atoms with Crippen LogP contribution in [0.1, 0.15) is 21.3 Å². The molecule has 5 nitrogen and oxygen atoms in total. The van der Waals surface area contributed by atoms with Gasteiger partial charge in [-0.15, -0.1) is 34.0 Å². The minimum Gasteiger partial charge on any atom is -0.458 e. The molecule has 4 aromatic rings. The molecule has 0 aromatic carbocycles. The van der Waals surface area contributed by atoms with Gasteiger partial charge in [0.25, 0.3) is 5.91 Å². The molecule has 25 heavy (non-hydrogen) atoms. The second-order valence-corrected chi connectivity index (χ2v) is 8.08. The van der Waals surface area contributed by atoms with Crippen molar-refractivity contribution in [1.82, 2.24) is 15.3 Å². The molecule has 0 radical (unpaired) electrons. The smallest absolute Gasteiger partial charge is 0.271 e. The van der Waals surface area contributed by atoms with Gasteiger partial charge in [-0.1, -0.05) is 6.07 Å². The molecule has 4 rings (SSSR count). The van der Waals surface area contributed by atoms with E-state index in [2.05, 4.69) is 15.3 Å². The van der Waals surface area contributed by atoms with Gasteiger partial charge >= 0.3 is 0 Å². The number of nitrogens with one attached hydrogen (secondary N) is 1. The fourth-order valence-electron chi connectivity index (χ4n) is 2.24. The molecule has 0 atom stereocenters. The summed E-state index contributed by atoms with van der Waals surface area (Å²) in [5.41, 5.74) is 1.25. The molecule has 0 saturated carbocycles. The molecule has 0 aliphatic rings. The fourth-order valence-corrected chi connectivity index (χ4v) is 4.45. The number of furan rings is 1. The van der Waals surface area contributed by atoms with E-state index in [1.54, 1.807) is 28.1 Å². The maximum Gasteiger partial charge on any atom is 0.271 e. The zero-order valence-electron chi connectivity index (χ0n) is 13.2. The van der Waals surface area contributed by atoms with E-state index in [4.69, 9.17) is 4.42 Å². The predicted molar refractivity (Wildman–Crippen MR) is 101 cm³/mol. The first-order valence-electron chi connectivity index (χ1n) is 7.48. The molecule has 0 spiro atoms. The Balaban J connectivity index is 1.40. The number of aryl methyl sites for hydroxylation is 1. The molecule has 0 saturated heterocycles. The molecule has 0 aliphatic carbocycles. The molecule has 4 heterocycles. The van der Waals surface area contributed by atoms with Crippen molar-refractivity contribution in [3.8, 4) is 21.3 Å². The molecule has 8 heteroatoms. The van der Waals surface area contributed by atoms with E-state index in [-0.39, 0.29) is 5.91 Å². The van der Waals surface area contributed by atoms with Crippen molar-refractivity contribution in [2.75, 3.05) is 0 Å². The third kappa shape index (κ3) is 3.55. The minimum atomic E-state index is -0.207. The highest BCUT2D eigenvalue weighted by molar-refractivity contribution is 7.20. The monoisotopic (exact) mass is 387 g/mol. The van der Waals surface area contributed by atoms with Crippen LogP contribution in [0.25, 0.3) is 21.3 Å². The SMILES string of the molecule is Cc1nc(-c2ccc(CNC(=O)c3csc(-c4cccs4)n3)o2)cs1. The summed E-state index contributed by atoms with van der Waals surface area (Å²) in [6.07, 6.45) is 0. The van der Waals surface area contributed by atoms with Crippen LogP contribution < -0.4 is 5.32 Å². The van der Waals surface area contributed by atoms with Crippen molar-refractivity contribution in [2.24, 2.45) is 0 Å². The molecule has 0 bridgehead atoms. The van der Waals surface area contributed by atoms with Crippen LogP contribution in [0.4, 0.5) is 0 Å². The van der Waals surface area contributed by atoms with Gasteiger partial charge in [-0.3, -0.25) is 4.79 Å². The van der Waals surface area contributed by atoms with Gasteiger partial charge in [0.1, 0.15) is 22.2 Å². The number of carbonyl (C=O) groups excluding carboxylic acids is 1. The lowest BCUT2D eigenvalue weighted by Gasteiger charge is -2.00. The van der Waals surface area contributed by atoms with Gasteiger partial charge < -0.3 is 9.73 Å². The van der Waals surface area contributed by atoms with Crippen LogP contribution >= 0.6 is 34.0 Å². The van der Waals surface area contributed by atoms with Crippen LogP contribution in [0, 0.1) is 6.92 Å². The Labute approximate surface area is 156 Å². The minimum absolute atomic E-state index is 0.207. The lowest BCUT2D eigenvalue weighted by molar-refractivity contribution is 0.0944. The van der Waals surface area contributed by atoms with Crippen LogP contribution in [0.15, 0.2) is 44.8 Å². The number of aromatic nitrogens is 2. The molecule has 1 N–H and O–H groups in total. The summed E-state index contributed by atoms with van der Waals surface area (Å²) >= 11 is 4.66. The Bertz CT molecular complexity index is 998. The number of carbonyl (C=O) groups is 1. The van der Waals surface area contributed by atoms with E-state index in [1.165, 1.54) is 11.3 Å². The highest BCUT2D eigenvalue weighted by atomic mass is 32.1. The quantitative estimate of drug-likeness (QED) is 0.533. The van der Waals surface area contributed by atoms with Crippen LogP contribution in [0.3, 0.4) is 0 Å². The van der Waals surface area contributed by atoms with Gasteiger partial charge in [0.05, 0.1) is 16.4 Å². The summed E-state index contributed by atoms with van der Waals surface area (Å²) in [7, 11) is 0. The van der Waals surface area contributed by atoms with Gasteiger partial charge in [-0.2, -0.15) is 0 Å². The number of nitrogens with zero attached hydrogens (tertiary/aromatic N) is 2. The van der Waals surface area contributed by atoms with Crippen molar-refractivity contribution in [3.05, 3.63) is 56.9 Å². The molecule has 0 unspecified atom stereocenters. The first kappa shape index (κ1) is 16.2. The fraction of sp³-hybridized carbons (Fsp3) is 0.118. The molecule has 1 amide bonds. The van der Waals surface area contributed by atoms with Gasteiger partial charge in [-0.25, -0.2) is 9.97 Å². The van der Waals surface area contributed by atoms with Crippen LogP contribution in [-0.2, 0) is 6.54 Å². The summed E-state index contributed by atoms with van der Waals surface area (Å²) in [6.45, 7) is 2.27. The first-order chi connectivity index (χ1) is 12.2. The summed E-state index contributed by atoms with van der Waals surface area (Å²) in [4.78, 5) is 22.1. The normalized spacial score (nSPS) is 10.9. The summed E-state index contributed by atoms with van der Waals surface area (Å²) in [6, 6.07) is 7.69. The first-order valence-corrected chi connectivity index (χ1v) is 10.1. The highest BCUT2D eigenvalue weighted by Gasteiger charge is 2.13. The van der Waals surface area contributed by atoms with E-state index in [1.807, 2.05) is 41.9 Å². The number of hydrogen-bond acceptors (Lipinski definition) is 7. The van der Waals surface area contributed by atoms with Crippen molar-refractivity contribution in [1.29, 1.82) is 0 Å². The van der Waals surface area contributed by atoms with Crippen LogP contribution in [0.2, 0.25) is 0 Å². The summed E-state index contributed by atoms with van der Waals surface area (Å²) < 4.78 is 5.75. The topological polar surface area (TPSA) is 68.0 Å². The van der Waals surface area contributed by atoms with E-state index in [9.17, 15) is 4.79 Å². The van der Waals surface area contributed by atoms with Crippen LogP contribution in [0.5, 0.6) is 0 Å². The highest BCUT2D eigenvalue weighted by Crippen LogP contribution is 2.28. The Morgan fingerprint density at radius 2 is 2.08 bits per heavy atom. The van der Waals surface area contributed by atoms with E-state index < -0.39 is 0 Å². The molecular formula is C17H13N3O2S3. The number of rotatable bonds is 5. The Hall–Kier alpha value is -2.29. The second kappa shape index (κ2) is 6.91. The third-order valence-electron chi connectivity index (χ3n) is 3.43.